The standard InChI is InChI=1S/C20H14FN2O2P/c21-14-6-2-3-7-15(14)22-20(25)19(24)18-17(26)11-13-10-9-12-5-1-4-8-16(12)23(13)18/h1-11H,26H2,(H,22,25). The van der Waals surface area contributed by atoms with Crippen LogP contribution in [0.1, 0.15) is 10.5 Å². The topological polar surface area (TPSA) is 50.6 Å². The van der Waals surface area contributed by atoms with E-state index in [9.17, 15) is 14.0 Å². The van der Waals surface area contributed by atoms with Gasteiger partial charge < -0.3 is 9.72 Å². The van der Waals surface area contributed by atoms with E-state index in [2.05, 4.69) is 14.6 Å². The lowest BCUT2D eigenvalue weighted by Crippen LogP contribution is -2.27. The first kappa shape index (κ1) is 16.4. The number of rotatable bonds is 3. The Hall–Kier alpha value is -3.04. The fraction of sp³-hybridized carbons (Fsp3) is 0. The molecule has 1 unspecified atom stereocenters. The Morgan fingerprint density at radius 2 is 1.69 bits per heavy atom. The van der Waals surface area contributed by atoms with Crippen molar-refractivity contribution in [1.29, 1.82) is 0 Å². The van der Waals surface area contributed by atoms with Gasteiger partial charge in [0.1, 0.15) is 11.5 Å². The van der Waals surface area contributed by atoms with Gasteiger partial charge in [0.25, 0.3) is 11.7 Å². The van der Waals surface area contributed by atoms with Crippen molar-refractivity contribution >= 4 is 48.3 Å². The second-order valence-electron chi connectivity index (χ2n) is 5.86. The van der Waals surface area contributed by atoms with Crippen LogP contribution in [-0.4, -0.2) is 16.1 Å². The molecular weight excluding hydrogens is 350 g/mol. The number of amides is 1. The maximum absolute atomic E-state index is 13.8. The highest BCUT2D eigenvalue weighted by atomic mass is 31.0. The van der Waals surface area contributed by atoms with Crippen molar-refractivity contribution in [2.45, 2.75) is 0 Å². The van der Waals surface area contributed by atoms with Crippen molar-refractivity contribution in [2.24, 2.45) is 0 Å². The summed E-state index contributed by atoms with van der Waals surface area (Å²) in [6.45, 7) is 0. The number of aromatic nitrogens is 1. The third-order valence-corrected chi connectivity index (χ3v) is 4.65. The number of nitrogens with zero attached hydrogens (tertiary/aromatic N) is 1. The van der Waals surface area contributed by atoms with Crippen molar-refractivity contribution in [3.63, 3.8) is 0 Å². The second kappa shape index (κ2) is 6.36. The van der Waals surface area contributed by atoms with Crippen LogP contribution in [0.15, 0.2) is 66.7 Å². The maximum Gasteiger partial charge on any atom is 0.298 e. The number of para-hydroxylation sites is 2. The van der Waals surface area contributed by atoms with Crippen LogP contribution in [0.4, 0.5) is 10.1 Å². The first-order valence-electron chi connectivity index (χ1n) is 7.95. The third-order valence-electron chi connectivity index (χ3n) is 4.21. The Labute approximate surface area is 150 Å². The molecule has 1 amide bonds. The average Bonchev–Trinajstić information content (AvgIpc) is 2.99. The molecular formula is C20H14FN2O2P. The van der Waals surface area contributed by atoms with Crippen LogP contribution >= 0.6 is 9.24 Å². The summed E-state index contributed by atoms with van der Waals surface area (Å²) in [4.78, 5) is 25.3. The monoisotopic (exact) mass is 364 g/mol. The molecule has 2 heterocycles. The molecule has 0 saturated heterocycles. The van der Waals surface area contributed by atoms with E-state index >= 15 is 0 Å². The molecule has 2 aromatic carbocycles. The predicted molar refractivity (Wildman–Crippen MR) is 104 cm³/mol. The van der Waals surface area contributed by atoms with E-state index in [1.165, 1.54) is 18.2 Å². The SMILES string of the molecule is O=C(Nc1ccccc1F)C(=O)c1c(P)cc2ccc3ccccc3n12. The first-order chi connectivity index (χ1) is 12.6. The van der Waals surface area contributed by atoms with Crippen LogP contribution in [0.5, 0.6) is 0 Å². The second-order valence-corrected chi connectivity index (χ2v) is 6.49. The Morgan fingerprint density at radius 3 is 2.50 bits per heavy atom. The molecule has 4 nitrogen and oxygen atoms in total. The number of benzene rings is 2. The maximum atomic E-state index is 13.8. The van der Waals surface area contributed by atoms with Crippen molar-refractivity contribution in [3.05, 3.63) is 78.2 Å². The van der Waals surface area contributed by atoms with Crippen LogP contribution in [-0.2, 0) is 4.79 Å². The predicted octanol–water partition coefficient (Wildman–Crippen LogP) is 3.55. The van der Waals surface area contributed by atoms with Gasteiger partial charge in [-0.1, -0.05) is 36.4 Å². The lowest BCUT2D eigenvalue weighted by molar-refractivity contribution is -0.112. The largest absolute Gasteiger partial charge is 0.317 e. The van der Waals surface area contributed by atoms with Crippen LogP contribution in [0.3, 0.4) is 0 Å². The van der Waals surface area contributed by atoms with Gasteiger partial charge in [0, 0.05) is 10.8 Å². The molecule has 0 bridgehead atoms. The normalized spacial score (nSPS) is 11.0. The number of anilines is 1. The summed E-state index contributed by atoms with van der Waals surface area (Å²) in [6, 6.07) is 19.0. The zero-order valence-electron chi connectivity index (χ0n) is 13.6. The van der Waals surface area contributed by atoms with Gasteiger partial charge in [-0.3, -0.25) is 9.59 Å². The van der Waals surface area contributed by atoms with Crippen molar-refractivity contribution in [2.75, 3.05) is 5.32 Å². The Kier molecular flexibility index (Phi) is 4.02. The Balaban J connectivity index is 1.82. The lowest BCUT2D eigenvalue weighted by atomic mass is 10.2. The van der Waals surface area contributed by atoms with Crippen molar-refractivity contribution < 1.29 is 14.0 Å². The van der Waals surface area contributed by atoms with E-state index in [1.54, 1.807) is 10.5 Å². The highest BCUT2D eigenvalue weighted by Gasteiger charge is 2.24. The van der Waals surface area contributed by atoms with Crippen molar-refractivity contribution in [1.82, 2.24) is 4.40 Å². The van der Waals surface area contributed by atoms with Crippen LogP contribution < -0.4 is 10.6 Å². The number of carbonyl (C=O) groups excluding carboxylic acids is 2. The van der Waals surface area contributed by atoms with Crippen molar-refractivity contribution in [3.8, 4) is 0 Å². The molecule has 6 heteroatoms. The molecule has 0 fully saturated rings. The molecule has 4 aromatic rings. The molecule has 0 aliphatic carbocycles. The molecule has 0 radical (unpaired) electrons. The van der Waals surface area contributed by atoms with Gasteiger partial charge in [0.2, 0.25) is 0 Å². The van der Waals surface area contributed by atoms with Crippen LogP contribution in [0, 0.1) is 5.82 Å². The van der Waals surface area contributed by atoms with Gasteiger partial charge in [-0.05, 0) is 35.7 Å². The molecule has 4 rings (SSSR count). The van der Waals surface area contributed by atoms with Gasteiger partial charge >= 0.3 is 0 Å². The first-order valence-corrected chi connectivity index (χ1v) is 8.53. The molecule has 128 valence electrons. The Morgan fingerprint density at radius 1 is 0.962 bits per heavy atom. The molecule has 1 N–H and O–H groups in total. The van der Waals surface area contributed by atoms with Gasteiger partial charge in [-0.2, -0.15) is 0 Å². The highest BCUT2D eigenvalue weighted by molar-refractivity contribution is 7.27. The van der Waals surface area contributed by atoms with Gasteiger partial charge in [0.05, 0.1) is 11.2 Å². The molecule has 0 aliphatic heterocycles. The highest BCUT2D eigenvalue weighted by Crippen LogP contribution is 2.21. The average molecular weight is 364 g/mol. The zero-order chi connectivity index (χ0) is 18.3. The number of Topliss-reactive ketones (excluding diaryl/α,β-unsaturated/α-hetero) is 1. The summed E-state index contributed by atoms with van der Waals surface area (Å²) in [5, 5.41) is 3.91. The fourth-order valence-electron chi connectivity index (χ4n) is 3.02. The summed E-state index contributed by atoms with van der Waals surface area (Å²) in [7, 11) is 2.49. The molecule has 26 heavy (non-hydrogen) atoms. The summed E-state index contributed by atoms with van der Waals surface area (Å²) < 4.78 is 15.5. The summed E-state index contributed by atoms with van der Waals surface area (Å²) in [6.07, 6.45) is 0. The number of hydrogen-bond donors (Lipinski definition) is 1. The van der Waals surface area contributed by atoms with Crippen LogP contribution in [0.25, 0.3) is 16.4 Å². The van der Waals surface area contributed by atoms with E-state index in [-0.39, 0.29) is 11.4 Å². The summed E-state index contributed by atoms with van der Waals surface area (Å²) in [5.74, 6) is -2.20. The van der Waals surface area contributed by atoms with E-state index in [0.717, 1.165) is 16.4 Å². The van der Waals surface area contributed by atoms with Gasteiger partial charge in [0.15, 0.2) is 0 Å². The van der Waals surface area contributed by atoms with E-state index in [0.29, 0.717) is 5.30 Å². The molecule has 2 aromatic heterocycles. The minimum atomic E-state index is -0.883. The number of pyridine rings is 1. The molecule has 0 saturated carbocycles. The molecule has 0 spiro atoms. The number of hydrogen-bond acceptors (Lipinski definition) is 2. The van der Waals surface area contributed by atoms with Gasteiger partial charge in [-0.25, -0.2) is 4.39 Å². The van der Waals surface area contributed by atoms with E-state index in [4.69, 9.17) is 0 Å². The van der Waals surface area contributed by atoms with E-state index < -0.39 is 17.5 Å². The molecule has 0 aliphatic rings. The molecule has 1 atom stereocenters. The Bertz CT molecular complexity index is 1180. The number of carbonyl (C=O) groups is 2. The third kappa shape index (κ3) is 2.67. The number of nitrogens with one attached hydrogen (secondary N) is 1. The number of ketones is 1. The minimum absolute atomic E-state index is 0.0260. The van der Waals surface area contributed by atoms with Crippen LogP contribution in [0.2, 0.25) is 0 Å². The number of fused-ring (bicyclic) bond motifs is 3. The number of halogens is 1. The zero-order valence-corrected chi connectivity index (χ0v) is 14.7. The summed E-state index contributed by atoms with van der Waals surface area (Å²) >= 11 is 0. The quantitative estimate of drug-likeness (QED) is 0.343. The van der Waals surface area contributed by atoms with E-state index in [1.807, 2.05) is 42.5 Å². The summed E-state index contributed by atoms with van der Waals surface area (Å²) in [5.41, 5.74) is 1.84. The minimum Gasteiger partial charge on any atom is -0.317 e. The van der Waals surface area contributed by atoms with Gasteiger partial charge in [-0.15, -0.1) is 9.24 Å². The smallest absolute Gasteiger partial charge is 0.298 e. The lowest BCUT2D eigenvalue weighted by Gasteiger charge is -2.09. The fourth-order valence-corrected chi connectivity index (χ4v) is 3.45.